The van der Waals surface area contributed by atoms with Crippen molar-refractivity contribution < 1.29 is 31.8 Å². The number of benzene rings is 1. The lowest BCUT2D eigenvalue weighted by Crippen LogP contribution is -2.10. The van der Waals surface area contributed by atoms with Crippen molar-refractivity contribution in [1.29, 1.82) is 0 Å². The number of halogens is 4. The minimum absolute atomic E-state index is 0.0412. The van der Waals surface area contributed by atoms with E-state index in [-0.39, 0.29) is 29.3 Å². The third kappa shape index (κ3) is 3.25. The van der Waals surface area contributed by atoms with E-state index in [1.165, 1.54) is 0 Å². The van der Waals surface area contributed by atoms with Gasteiger partial charge in [-0.05, 0) is 13.0 Å². The monoisotopic (exact) mass is 333 g/mol. The molecular formula is C13H11F4N3O3. The van der Waals surface area contributed by atoms with Gasteiger partial charge >= 0.3 is 12.1 Å². The first-order valence-electron chi connectivity index (χ1n) is 6.32. The molecule has 1 aromatic carbocycles. The minimum atomic E-state index is -4.92. The van der Waals surface area contributed by atoms with Crippen molar-refractivity contribution in [2.75, 3.05) is 13.7 Å². The highest BCUT2D eigenvalue weighted by Crippen LogP contribution is 2.39. The van der Waals surface area contributed by atoms with Crippen LogP contribution in [-0.4, -0.2) is 35.1 Å². The van der Waals surface area contributed by atoms with Crippen molar-refractivity contribution in [3.8, 4) is 17.0 Å². The van der Waals surface area contributed by atoms with Crippen LogP contribution in [0.2, 0.25) is 0 Å². The Bertz CT molecular complexity index is 728. The molecule has 0 aliphatic carbocycles. The smallest absolute Gasteiger partial charge is 0.419 e. The topological polar surface area (TPSA) is 77.1 Å². The molecule has 0 unspecified atom stereocenters. The molecule has 124 valence electrons. The van der Waals surface area contributed by atoms with E-state index in [9.17, 15) is 22.4 Å². The second-order valence-electron chi connectivity index (χ2n) is 4.27. The van der Waals surface area contributed by atoms with Crippen molar-refractivity contribution in [1.82, 2.24) is 15.4 Å². The summed E-state index contributed by atoms with van der Waals surface area (Å²) in [5, 5.41) is 9.33. The number of nitrogens with one attached hydrogen (secondary N) is 1. The Kier molecular flexibility index (Phi) is 4.52. The van der Waals surface area contributed by atoms with Crippen LogP contribution in [0.15, 0.2) is 12.1 Å². The lowest BCUT2D eigenvalue weighted by atomic mass is 10.0. The third-order valence-corrected chi connectivity index (χ3v) is 2.87. The Morgan fingerprint density at radius 1 is 1.30 bits per heavy atom. The van der Waals surface area contributed by atoms with E-state index < -0.39 is 23.5 Å². The SMILES string of the molecule is CCOC(=O)c1n[nH]nc1-c1cc(C(F)(F)F)c(F)cc1OC. The van der Waals surface area contributed by atoms with Crippen LogP contribution in [-0.2, 0) is 10.9 Å². The first-order chi connectivity index (χ1) is 10.8. The number of esters is 1. The molecule has 2 rings (SSSR count). The van der Waals surface area contributed by atoms with Gasteiger partial charge in [0.25, 0.3) is 0 Å². The summed E-state index contributed by atoms with van der Waals surface area (Å²) >= 11 is 0. The molecule has 0 aliphatic heterocycles. The summed E-state index contributed by atoms with van der Waals surface area (Å²) in [5.41, 5.74) is -2.31. The van der Waals surface area contributed by atoms with Gasteiger partial charge in [-0.2, -0.15) is 23.5 Å². The molecule has 0 saturated carbocycles. The second kappa shape index (κ2) is 6.23. The normalized spacial score (nSPS) is 11.4. The molecule has 0 radical (unpaired) electrons. The number of H-pyrrole nitrogens is 1. The maximum atomic E-state index is 13.6. The van der Waals surface area contributed by atoms with Gasteiger partial charge in [-0.15, -0.1) is 5.10 Å². The average Bonchev–Trinajstić information content (AvgIpc) is 2.95. The van der Waals surface area contributed by atoms with Gasteiger partial charge < -0.3 is 9.47 Å². The number of carbonyl (C=O) groups is 1. The molecule has 0 saturated heterocycles. The number of aromatic amines is 1. The predicted molar refractivity (Wildman–Crippen MR) is 69.3 cm³/mol. The van der Waals surface area contributed by atoms with Gasteiger partial charge in [-0.1, -0.05) is 0 Å². The number of nitrogens with zero attached hydrogens (tertiary/aromatic N) is 2. The number of hydrogen-bond acceptors (Lipinski definition) is 5. The van der Waals surface area contributed by atoms with Crippen LogP contribution in [0.1, 0.15) is 23.0 Å². The maximum absolute atomic E-state index is 13.6. The number of methoxy groups -OCH3 is 1. The van der Waals surface area contributed by atoms with E-state index in [0.29, 0.717) is 12.1 Å². The standard InChI is InChI=1S/C13H11F4N3O3/c1-3-23-12(21)11-10(18-20-19-11)6-4-7(13(15,16)17)8(14)5-9(6)22-2/h4-5H,3H2,1-2H3,(H,18,19,20). The van der Waals surface area contributed by atoms with Gasteiger partial charge in [-0.25, -0.2) is 9.18 Å². The van der Waals surface area contributed by atoms with Gasteiger partial charge in [0.05, 0.1) is 19.3 Å². The summed E-state index contributed by atoms with van der Waals surface area (Å²) in [4.78, 5) is 11.8. The van der Waals surface area contributed by atoms with Crippen molar-refractivity contribution in [3.63, 3.8) is 0 Å². The molecule has 1 N–H and O–H groups in total. The predicted octanol–water partition coefficient (Wildman–Crippen LogP) is 2.81. The maximum Gasteiger partial charge on any atom is 0.419 e. The van der Waals surface area contributed by atoms with Crippen LogP contribution in [0.5, 0.6) is 5.75 Å². The number of rotatable bonds is 4. The zero-order valence-electron chi connectivity index (χ0n) is 12.0. The summed E-state index contributed by atoms with van der Waals surface area (Å²) in [6.07, 6.45) is -4.92. The third-order valence-electron chi connectivity index (χ3n) is 2.87. The van der Waals surface area contributed by atoms with Crippen molar-refractivity contribution in [2.24, 2.45) is 0 Å². The van der Waals surface area contributed by atoms with Gasteiger partial charge in [0.15, 0.2) is 5.69 Å². The van der Waals surface area contributed by atoms with Crippen molar-refractivity contribution >= 4 is 5.97 Å². The summed E-state index contributed by atoms with van der Waals surface area (Å²) < 4.78 is 61.8. The van der Waals surface area contributed by atoms with Gasteiger partial charge in [0.2, 0.25) is 0 Å². The largest absolute Gasteiger partial charge is 0.496 e. The van der Waals surface area contributed by atoms with Gasteiger partial charge in [0, 0.05) is 11.6 Å². The zero-order valence-corrected chi connectivity index (χ0v) is 12.0. The molecule has 0 amide bonds. The van der Waals surface area contributed by atoms with E-state index in [0.717, 1.165) is 7.11 Å². The number of aromatic nitrogens is 3. The molecule has 0 fully saturated rings. The van der Waals surface area contributed by atoms with E-state index in [1.54, 1.807) is 6.92 Å². The van der Waals surface area contributed by atoms with E-state index in [4.69, 9.17) is 9.47 Å². The Balaban J connectivity index is 2.64. The lowest BCUT2D eigenvalue weighted by Gasteiger charge is -2.13. The second-order valence-corrected chi connectivity index (χ2v) is 4.27. The van der Waals surface area contributed by atoms with E-state index in [2.05, 4.69) is 15.4 Å². The minimum Gasteiger partial charge on any atom is -0.496 e. The molecule has 6 nitrogen and oxygen atoms in total. The Morgan fingerprint density at radius 2 is 2.00 bits per heavy atom. The molecule has 0 aliphatic rings. The van der Waals surface area contributed by atoms with E-state index in [1.807, 2.05) is 0 Å². The highest BCUT2D eigenvalue weighted by atomic mass is 19.4. The number of alkyl halides is 3. The molecule has 2 aromatic rings. The molecule has 0 spiro atoms. The fourth-order valence-electron chi connectivity index (χ4n) is 1.89. The first kappa shape index (κ1) is 16.7. The lowest BCUT2D eigenvalue weighted by molar-refractivity contribution is -0.139. The first-order valence-corrected chi connectivity index (χ1v) is 6.32. The van der Waals surface area contributed by atoms with Crippen molar-refractivity contribution in [2.45, 2.75) is 13.1 Å². The summed E-state index contributed by atoms with van der Waals surface area (Å²) in [6, 6.07) is 1.08. The van der Waals surface area contributed by atoms with Crippen LogP contribution in [0.25, 0.3) is 11.3 Å². The average molecular weight is 333 g/mol. The molecule has 1 heterocycles. The molecule has 0 bridgehead atoms. The molecule has 1 aromatic heterocycles. The number of ether oxygens (including phenoxy) is 2. The fourth-order valence-corrected chi connectivity index (χ4v) is 1.89. The summed E-state index contributed by atoms with van der Waals surface area (Å²) in [5.74, 6) is -2.61. The number of carbonyl (C=O) groups excluding carboxylic acids is 1. The van der Waals surface area contributed by atoms with Crippen LogP contribution < -0.4 is 4.74 Å². The molecule has 10 heteroatoms. The molecule has 0 atom stereocenters. The summed E-state index contributed by atoms with van der Waals surface area (Å²) in [7, 11) is 1.15. The van der Waals surface area contributed by atoms with Crippen LogP contribution in [0.4, 0.5) is 17.6 Å². The summed E-state index contributed by atoms with van der Waals surface area (Å²) in [6.45, 7) is 1.59. The zero-order chi connectivity index (χ0) is 17.2. The van der Waals surface area contributed by atoms with Crippen LogP contribution >= 0.6 is 0 Å². The Morgan fingerprint density at radius 3 is 2.57 bits per heavy atom. The Hall–Kier alpha value is -2.65. The van der Waals surface area contributed by atoms with Crippen molar-refractivity contribution in [3.05, 3.63) is 29.2 Å². The Labute approximate surface area is 127 Å². The highest BCUT2D eigenvalue weighted by molar-refractivity contribution is 5.94. The molecule has 23 heavy (non-hydrogen) atoms. The van der Waals surface area contributed by atoms with Crippen LogP contribution in [0, 0.1) is 5.82 Å². The van der Waals surface area contributed by atoms with Gasteiger partial charge in [0.1, 0.15) is 17.3 Å². The highest BCUT2D eigenvalue weighted by Gasteiger charge is 2.36. The number of hydrogen-bond donors (Lipinski definition) is 1. The quantitative estimate of drug-likeness (QED) is 0.688. The fraction of sp³-hybridized carbons (Fsp3) is 0.308. The van der Waals surface area contributed by atoms with Gasteiger partial charge in [-0.3, -0.25) is 0 Å². The van der Waals surface area contributed by atoms with Crippen LogP contribution in [0.3, 0.4) is 0 Å². The molecular weight excluding hydrogens is 322 g/mol. The van der Waals surface area contributed by atoms with E-state index >= 15 is 0 Å².